The van der Waals surface area contributed by atoms with E-state index in [0.717, 1.165) is 0 Å². The summed E-state index contributed by atoms with van der Waals surface area (Å²) >= 11 is 0. The predicted molar refractivity (Wildman–Crippen MR) is 101 cm³/mol. The van der Waals surface area contributed by atoms with Gasteiger partial charge in [-0.15, -0.1) is 0 Å². The van der Waals surface area contributed by atoms with E-state index >= 15 is 0 Å². The number of nitrogens with one attached hydrogen (secondary N) is 2. The zero-order chi connectivity index (χ0) is 20.8. The molecule has 3 aliphatic rings. The molecule has 0 spiro atoms. The quantitative estimate of drug-likeness (QED) is 0.773. The van der Waals surface area contributed by atoms with Crippen molar-refractivity contribution in [1.82, 2.24) is 5.32 Å². The number of carbonyl (C=O) groups excluding carboxylic acids is 2. The Hall–Kier alpha value is -2.04. The van der Waals surface area contributed by atoms with Crippen LogP contribution in [0.5, 0.6) is 0 Å². The van der Waals surface area contributed by atoms with Crippen LogP contribution >= 0.6 is 0 Å². The second-order valence-electron chi connectivity index (χ2n) is 8.22. The minimum atomic E-state index is -0.995. The van der Waals surface area contributed by atoms with Gasteiger partial charge < -0.3 is 34.3 Å². The SMILES string of the molecule is CC1(C)O[C@H]2[C@@H](O1)[C@@H](C(=O)NCC(=O)Nc1ccccc1)O[C@H]1OC(C)(C)O[C@@H]12. The molecule has 0 unspecified atom stereocenters. The Kier molecular flexibility index (Phi) is 5.12. The van der Waals surface area contributed by atoms with Crippen molar-refractivity contribution in [3.05, 3.63) is 30.3 Å². The summed E-state index contributed by atoms with van der Waals surface area (Å²) in [5.41, 5.74) is 0.650. The van der Waals surface area contributed by atoms with Gasteiger partial charge in [0, 0.05) is 5.69 Å². The number of benzene rings is 1. The van der Waals surface area contributed by atoms with Crippen LogP contribution in [0.3, 0.4) is 0 Å². The maximum atomic E-state index is 12.8. The van der Waals surface area contributed by atoms with Gasteiger partial charge in [0.25, 0.3) is 5.91 Å². The fourth-order valence-electron chi connectivity index (χ4n) is 3.82. The number of carbonyl (C=O) groups is 2. The molecule has 9 heteroatoms. The minimum Gasteiger partial charge on any atom is -0.345 e. The summed E-state index contributed by atoms with van der Waals surface area (Å²) in [6.45, 7) is 6.88. The van der Waals surface area contributed by atoms with Gasteiger partial charge in [-0.05, 0) is 39.8 Å². The second-order valence-corrected chi connectivity index (χ2v) is 8.22. The van der Waals surface area contributed by atoms with E-state index in [4.69, 9.17) is 23.7 Å². The van der Waals surface area contributed by atoms with Crippen molar-refractivity contribution in [2.45, 2.75) is 70.0 Å². The van der Waals surface area contributed by atoms with Crippen LogP contribution in [-0.4, -0.2) is 60.6 Å². The summed E-state index contributed by atoms with van der Waals surface area (Å²) < 4.78 is 29.4. The van der Waals surface area contributed by atoms with E-state index < -0.39 is 48.2 Å². The first-order valence-electron chi connectivity index (χ1n) is 9.63. The predicted octanol–water partition coefficient (Wildman–Crippen LogP) is 1.14. The van der Waals surface area contributed by atoms with Gasteiger partial charge in [0.1, 0.15) is 18.3 Å². The van der Waals surface area contributed by atoms with E-state index in [-0.39, 0.29) is 12.5 Å². The van der Waals surface area contributed by atoms with Crippen LogP contribution in [0.1, 0.15) is 27.7 Å². The second kappa shape index (κ2) is 7.33. The molecule has 3 heterocycles. The third kappa shape index (κ3) is 4.29. The lowest BCUT2D eigenvalue weighted by Gasteiger charge is -2.36. The van der Waals surface area contributed by atoms with Crippen molar-refractivity contribution in [1.29, 1.82) is 0 Å². The Morgan fingerprint density at radius 3 is 2.24 bits per heavy atom. The van der Waals surface area contributed by atoms with E-state index in [9.17, 15) is 9.59 Å². The first-order chi connectivity index (χ1) is 13.6. The van der Waals surface area contributed by atoms with Crippen LogP contribution in [0.2, 0.25) is 0 Å². The van der Waals surface area contributed by atoms with Crippen LogP contribution in [0.15, 0.2) is 30.3 Å². The van der Waals surface area contributed by atoms with Crippen LogP contribution in [-0.2, 0) is 33.3 Å². The Labute approximate surface area is 169 Å². The molecule has 0 saturated carbocycles. The molecule has 0 aromatic heterocycles. The summed E-state index contributed by atoms with van der Waals surface area (Å²) in [5.74, 6) is -2.58. The van der Waals surface area contributed by atoms with Crippen molar-refractivity contribution >= 4 is 17.5 Å². The van der Waals surface area contributed by atoms with Crippen LogP contribution < -0.4 is 10.6 Å². The third-order valence-electron chi connectivity index (χ3n) is 4.89. The van der Waals surface area contributed by atoms with Crippen molar-refractivity contribution < 1.29 is 33.3 Å². The summed E-state index contributed by atoms with van der Waals surface area (Å²) in [5, 5.41) is 5.32. The van der Waals surface area contributed by atoms with Gasteiger partial charge in [0.15, 0.2) is 24.0 Å². The standard InChI is InChI=1S/C20H26N2O7/c1-19(2)26-13-14(27-19)16-18(29-20(3,4)28-16)25-15(13)17(24)21-10-12(23)22-11-8-6-5-7-9-11/h5-9,13-16,18H,10H2,1-4H3,(H,21,24)(H,22,23)/t13-,14+,15+,16-,18+/m1/s1. The summed E-state index contributed by atoms with van der Waals surface area (Å²) in [7, 11) is 0. The van der Waals surface area contributed by atoms with Crippen LogP contribution in [0.25, 0.3) is 0 Å². The molecule has 3 saturated heterocycles. The number of ether oxygens (including phenoxy) is 5. The van der Waals surface area contributed by atoms with Gasteiger partial charge >= 0.3 is 0 Å². The van der Waals surface area contributed by atoms with Gasteiger partial charge in [0.2, 0.25) is 5.91 Å². The number of hydrogen-bond donors (Lipinski definition) is 2. The van der Waals surface area contributed by atoms with E-state index in [1.807, 2.05) is 18.2 Å². The molecule has 4 rings (SSSR count). The van der Waals surface area contributed by atoms with Crippen molar-refractivity contribution in [3.8, 4) is 0 Å². The molecule has 1 aromatic rings. The molecule has 5 atom stereocenters. The molecule has 29 heavy (non-hydrogen) atoms. The van der Waals surface area contributed by atoms with E-state index in [1.165, 1.54) is 0 Å². The van der Waals surface area contributed by atoms with E-state index in [2.05, 4.69) is 10.6 Å². The van der Waals surface area contributed by atoms with Gasteiger partial charge in [0.05, 0.1) is 6.54 Å². The highest BCUT2D eigenvalue weighted by Crippen LogP contribution is 2.44. The molecule has 158 valence electrons. The summed E-state index contributed by atoms with van der Waals surface area (Å²) in [4.78, 5) is 24.9. The smallest absolute Gasteiger partial charge is 0.252 e. The van der Waals surface area contributed by atoms with Crippen molar-refractivity contribution in [2.24, 2.45) is 0 Å². The van der Waals surface area contributed by atoms with Crippen molar-refractivity contribution in [3.63, 3.8) is 0 Å². The maximum absolute atomic E-state index is 12.8. The molecule has 3 fully saturated rings. The van der Waals surface area contributed by atoms with E-state index in [0.29, 0.717) is 5.69 Å². The Bertz CT molecular complexity index is 782. The number of fused-ring (bicyclic) bond motifs is 3. The van der Waals surface area contributed by atoms with Gasteiger partial charge in [-0.2, -0.15) is 0 Å². The number of rotatable bonds is 4. The first kappa shape index (κ1) is 20.2. The fraction of sp³-hybridized carbons (Fsp3) is 0.600. The molecule has 0 aliphatic carbocycles. The highest BCUT2D eigenvalue weighted by Gasteiger charge is 2.62. The van der Waals surface area contributed by atoms with Crippen LogP contribution in [0, 0.1) is 0 Å². The zero-order valence-corrected chi connectivity index (χ0v) is 16.8. The molecule has 0 bridgehead atoms. The Balaban J connectivity index is 1.41. The highest BCUT2D eigenvalue weighted by molar-refractivity contribution is 5.95. The monoisotopic (exact) mass is 406 g/mol. The third-order valence-corrected chi connectivity index (χ3v) is 4.89. The normalized spacial score (nSPS) is 34.1. The lowest BCUT2D eigenvalue weighted by molar-refractivity contribution is -0.231. The number of hydrogen-bond acceptors (Lipinski definition) is 7. The molecular weight excluding hydrogens is 380 g/mol. The first-order valence-corrected chi connectivity index (χ1v) is 9.63. The average Bonchev–Trinajstić information content (AvgIpc) is 3.13. The lowest BCUT2D eigenvalue weighted by Crippen LogP contribution is -2.59. The molecular formula is C20H26N2O7. The molecule has 0 radical (unpaired) electrons. The topological polar surface area (TPSA) is 104 Å². The minimum absolute atomic E-state index is 0.202. The van der Waals surface area contributed by atoms with E-state index in [1.54, 1.807) is 39.8 Å². The van der Waals surface area contributed by atoms with Crippen molar-refractivity contribution in [2.75, 3.05) is 11.9 Å². The Morgan fingerprint density at radius 2 is 1.52 bits per heavy atom. The molecule has 2 amide bonds. The number of anilines is 1. The molecule has 1 aromatic carbocycles. The highest BCUT2D eigenvalue weighted by atomic mass is 16.9. The molecule has 3 aliphatic heterocycles. The molecule has 2 N–H and O–H groups in total. The number of para-hydroxylation sites is 1. The number of amides is 2. The lowest BCUT2D eigenvalue weighted by atomic mass is 9.98. The van der Waals surface area contributed by atoms with Crippen LogP contribution in [0.4, 0.5) is 5.69 Å². The summed E-state index contributed by atoms with van der Waals surface area (Å²) in [6, 6.07) is 9.00. The molecule has 9 nitrogen and oxygen atoms in total. The maximum Gasteiger partial charge on any atom is 0.252 e. The average molecular weight is 406 g/mol. The Morgan fingerprint density at radius 1 is 0.897 bits per heavy atom. The largest absolute Gasteiger partial charge is 0.345 e. The fourth-order valence-corrected chi connectivity index (χ4v) is 3.82. The van der Waals surface area contributed by atoms with Gasteiger partial charge in [-0.1, -0.05) is 18.2 Å². The summed E-state index contributed by atoms with van der Waals surface area (Å²) in [6.07, 6.45) is -3.48. The van der Waals surface area contributed by atoms with Gasteiger partial charge in [-0.3, -0.25) is 9.59 Å². The zero-order valence-electron chi connectivity index (χ0n) is 16.8. The van der Waals surface area contributed by atoms with Gasteiger partial charge in [-0.25, -0.2) is 0 Å².